The van der Waals surface area contributed by atoms with Gasteiger partial charge in [0.1, 0.15) is 0 Å². The number of rotatable bonds is 6. The Hall–Kier alpha value is -0.960. The summed E-state index contributed by atoms with van der Waals surface area (Å²) in [5.41, 5.74) is 0. The van der Waals surface area contributed by atoms with Crippen molar-refractivity contribution in [2.45, 2.75) is 30.7 Å². The highest BCUT2D eigenvalue weighted by Gasteiger charge is 2.32. The number of sulfonamides is 1. The maximum Gasteiger partial charge on any atom is 0.243 e. The Morgan fingerprint density at radius 2 is 1.92 bits per heavy atom. The summed E-state index contributed by atoms with van der Waals surface area (Å²) in [6, 6.07) is 6.55. The first-order valence-corrected chi connectivity index (χ1v) is 10.1. The quantitative estimate of drug-likeness (QED) is 0.766. The van der Waals surface area contributed by atoms with Crippen molar-refractivity contribution in [3.8, 4) is 0 Å². The van der Waals surface area contributed by atoms with Crippen molar-refractivity contribution >= 4 is 31.9 Å². The second kappa shape index (κ2) is 8.42. The summed E-state index contributed by atoms with van der Waals surface area (Å²) in [4.78, 5) is 12.5. The molecule has 8 heteroatoms. The highest BCUT2D eigenvalue weighted by Crippen LogP contribution is 2.25. The molecule has 0 saturated carbocycles. The molecule has 134 valence electrons. The van der Waals surface area contributed by atoms with Gasteiger partial charge in [-0.3, -0.25) is 4.79 Å². The van der Waals surface area contributed by atoms with Gasteiger partial charge in [-0.05, 0) is 44.0 Å². The lowest BCUT2D eigenvalue weighted by atomic mass is 9.97. The Kier molecular flexibility index (Phi) is 6.79. The van der Waals surface area contributed by atoms with E-state index in [0.717, 1.165) is 4.47 Å². The second-order valence-electron chi connectivity index (χ2n) is 6.00. The normalized spacial score (nSPS) is 18.3. The van der Waals surface area contributed by atoms with Gasteiger partial charge in [0.05, 0.1) is 11.5 Å². The fourth-order valence-corrected chi connectivity index (χ4v) is 4.50. The van der Waals surface area contributed by atoms with Crippen LogP contribution in [0.15, 0.2) is 33.6 Å². The average molecular weight is 419 g/mol. The zero-order valence-corrected chi connectivity index (χ0v) is 16.3. The first kappa shape index (κ1) is 19.4. The lowest BCUT2D eigenvalue weighted by Gasteiger charge is -2.31. The maximum absolute atomic E-state index is 12.6. The predicted octanol–water partition coefficient (Wildman–Crippen LogP) is 2.00. The van der Waals surface area contributed by atoms with Crippen LogP contribution in [0.2, 0.25) is 0 Å². The molecule has 1 amide bonds. The van der Waals surface area contributed by atoms with E-state index in [4.69, 9.17) is 4.74 Å². The Bertz CT molecular complexity index is 655. The summed E-state index contributed by atoms with van der Waals surface area (Å²) in [6.45, 7) is 3.06. The van der Waals surface area contributed by atoms with Crippen molar-refractivity contribution in [1.29, 1.82) is 0 Å². The summed E-state index contributed by atoms with van der Waals surface area (Å²) >= 11 is 3.30. The number of halogens is 1. The van der Waals surface area contributed by atoms with E-state index in [1.54, 1.807) is 31.4 Å². The van der Waals surface area contributed by atoms with E-state index in [0.29, 0.717) is 32.5 Å². The van der Waals surface area contributed by atoms with Crippen LogP contribution in [0.5, 0.6) is 0 Å². The molecule has 2 rings (SSSR count). The minimum Gasteiger partial charge on any atom is -0.383 e. The van der Waals surface area contributed by atoms with Crippen molar-refractivity contribution in [3.63, 3.8) is 0 Å². The molecule has 1 heterocycles. The highest BCUT2D eigenvalue weighted by atomic mass is 79.9. The fraction of sp³-hybridized carbons (Fsp3) is 0.562. The zero-order chi connectivity index (χ0) is 17.7. The molecule has 0 aliphatic carbocycles. The molecule has 1 atom stereocenters. The molecule has 0 radical (unpaired) electrons. The van der Waals surface area contributed by atoms with Crippen molar-refractivity contribution in [1.82, 2.24) is 9.62 Å². The molecule has 6 nitrogen and oxygen atoms in total. The van der Waals surface area contributed by atoms with Crippen LogP contribution >= 0.6 is 15.9 Å². The van der Waals surface area contributed by atoms with Gasteiger partial charge >= 0.3 is 0 Å². The number of carbonyl (C=O) groups is 1. The number of nitrogens with zero attached hydrogens (tertiary/aromatic N) is 1. The minimum absolute atomic E-state index is 0.0276. The van der Waals surface area contributed by atoms with Crippen molar-refractivity contribution < 1.29 is 17.9 Å². The molecule has 0 aromatic heterocycles. The number of methoxy groups -OCH3 is 1. The van der Waals surface area contributed by atoms with E-state index >= 15 is 0 Å². The first-order valence-electron chi connectivity index (χ1n) is 7.89. The lowest BCUT2D eigenvalue weighted by Crippen LogP contribution is -2.45. The van der Waals surface area contributed by atoms with E-state index in [1.165, 1.54) is 4.31 Å². The van der Waals surface area contributed by atoms with Crippen molar-refractivity contribution in [2.24, 2.45) is 5.92 Å². The molecule has 1 fully saturated rings. The van der Waals surface area contributed by atoms with E-state index in [1.807, 2.05) is 6.92 Å². The van der Waals surface area contributed by atoms with Crippen LogP contribution in [0, 0.1) is 5.92 Å². The second-order valence-corrected chi connectivity index (χ2v) is 8.85. The number of nitrogens with one attached hydrogen (secondary N) is 1. The van der Waals surface area contributed by atoms with Crippen LogP contribution in [0.25, 0.3) is 0 Å². The number of hydrogen-bond donors (Lipinski definition) is 1. The van der Waals surface area contributed by atoms with Crippen LogP contribution in [-0.2, 0) is 19.6 Å². The molecule has 1 aliphatic heterocycles. The number of piperidine rings is 1. The SMILES string of the molecule is COC[C@@H](C)NC(=O)C1CCN(S(=O)(=O)c2ccc(Br)cc2)CC1. The monoisotopic (exact) mass is 418 g/mol. The van der Waals surface area contributed by atoms with Crippen LogP contribution < -0.4 is 5.32 Å². The molecule has 1 aromatic rings. The minimum atomic E-state index is -3.50. The molecule has 0 unspecified atom stereocenters. The van der Waals surface area contributed by atoms with Gasteiger partial charge in [0.15, 0.2) is 0 Å². The molecular formula is C16H23BrN2O4S. The van der Waals surface area contributed by atoms with Gasteiger partial charge in [-0.15, -0.1) is 0 Å². The molecule has 24 heavy (non-hydrogen) atoms. The molecular weight excluding hydrogens is 396 g/mol. The molecule has 1 N–H and O–H groups in total. The van der Waals surface area contributed by atoms with Gasteiger partial charge in [0.2, 0.25) is 15.9 Å². The first-order chi connectivity index (χ1) is 11.3. The third-order valence-corrected chi connectivity index (χ3v) is 6.52. The smallest absolute Gasteiger partial charge is 0.243 e. The van der Waals surface area contributed by atoms with Crippen LogP contribution in [0.3, 0.4) is 0 Å². The molecule has 0 bridgehead atoms. The lowest BCUT2D eigenvalue weighted by molar-refractivity contribution is -0.127. The maximum atomic E-state index is 12.6. The third kappa shape index (κ3) is 4.78. The summed E-state index contributed by atoms with van der Waals surface area (Å²) in [5, 5.41) is 2.90. The number of amides is 1. The standard InChI is InChI=1S/C16H23BrN2O4S/c1-12(11-23-2)18-16(20)13-7-9-19(10-8-13)24(21,22)15-5-3-14(17)4-6-15/h3-6,12-13H,7-11H2,1-2H3,(H,18,20)/t12-/m1/s1. The van der Waals surface area contributed by atoms with E-state index < -0.39 is 10.0 Å². The summed E-state index contributed by atoms with van der Waals surface area (Å²) in [6.07, 6.45) is 1.06. The Balaban J connectivity index is 1.94. The average Bonchev–Trinajstić information content (AvgIpc) is 2.55. The van der Waals surface area contributed by atoms with Crippen molar-refractivity contribution in [2.75, 3.05) is 26.8 Å². The highest BCUT2D eigenvalue weighted by molar-refractivity contribution is 9.10. The van der Waals surface area contributed by atoms with Gasteiger partial charge in [-0.25, -0.2) is 8.42 Å². The predicted molar refractivity (Wildman–Crippen MR) is 95.1 cm³/mol. The fourth-order valence-electron chi connectivity index (χ4n) is 2.77. The van der Waals surface area contributed by atoms with Crippen LogP contribution in [0.1, 0.15) is 19.8 Å². The molecule has 1 saturated heterocycles. The molecule has 0 spiro atoms. The largest absolute Gasteiger partial charge is 0.383 e. The zero-order valence-electron chi connectivity index (χ0n) is 13.9. The number of hydrogen-bond acceptors (Lipinski definition) is 4. The van der Waals surface area contributed by atoms with Crippen LogP contribution in [0.4, 0.5) is 0 Å². The summed E-state index contributed by atoms with van der Waals surface area (Å²) in [5.74, 6) is -0.180. The van der Waals surface area contributed by atoms with E-state index in [-0.39, 0.29) is 22.8 Å². The topological polar surface area (TPSA) is 75.7 Å². The Morgan fingerprint density at radius 3 is 2.46 bits per heavy atom. The van der Waals surface area contributed by atoms with Crippen LogP contribution in [-0.4, -0.2) is 51.5 Å². The van der Waals surface area contributed by atoms with Gasteiger partial charge in [-0.2, -0.15) is 4.31 Å². The Morgan fingerprint density at radius 1 is 1.33 bits per heavy atom. The molecule has 1 aromatic carbocycles. The summed E-state index contributed by atoms with van der Waals surface area (Å²) < 4.78 is 32.6. The summed E-state index contributed by atoms with van der Waals surface area (Å²) in [7, 11) is -1.91. The van der Waals surface area contributed by atoms with E-state index in [2.05, 4.69) is 21.2 Å². The van der Waals surface area contributed by atoms with E-state index in [9.17, 15) is 13.2 Å². The van der Waals surface area contributed by atoms with Gasteiger partial charge in [0.25, 0.3) is 0 Å². The van der Waals surface area contributed by atoms with Gasteiger partial charge < -0.3 is 10.1 Å². The number of benzene rings is 1. The van der Waals surface area contributed by atoms with Gasteiger partial charge in [0, 0.05) is 36.6 Å². The number of ether oxygens (including phenoxy) is 1. The number of carbonyl (C=O) groups excluding carboxylic acids is 1. The Labute approximate surface area is 151 Å². The van der Waals surface area contributed by atoms with Gasteiger partial charge in [-0.1, -0.05) is 15.9 Å². The molecule has 1 aliphatic rings. The third-order valence-electron chi connectivity index (χ3n) is 4.08. The van der Waals surface area contributed by atoms with Crippen molar-refractivity contribution in [3.05, 3.63) is 28.7 Å².